The minimum Gasteiger partial charge on any atom is -0.459 e. The second-order valence-corrected chi connectivity index (χ2v) is 13.5. The number of aliphatic hydroxyl groups is 1. The van der Waals surface area contributed by atoms with Gasteiger partial charge in [-0.25, -0.2) is 0 Å². The van der Waals surface area contributed by atoms with Crippen molar-refractivity contribution in [1.82, 2.24) is 0 Å². The summed E-state index contributed by atoms with van der Waals surface area (Å²) in [6.07, 6.45) is 7.92. The zero-order valence-electron chi connectivity index (χ0n) is 22.1. The molecule has 5 fully saturated rings. The van der Waals surface area contributed by atoms with Crippen LogP contribution in [0.2, 0.25) is 0 Å². The second kappa shape index (κ2) is 10.7. The zero-order chi connectivity index (χ0) is 25.2. The van der Waals surface area contributed by atoms with Crippen molar-refractivity contribution in [1.29, 1.82) is 0 Å². The number of hydrogen-bond acceptors (Lipinski definition) is 7. The molecule has 0 amide bonds. The largest absolute Gasteiger partial charge is 0.459 e. The van der Waals surface area contributed by atoms with Gasteiger partial charge in [0.15, 0.2) is 0 Å². The highest BCUT2D eigenvalue weighted by Gasteiger charge is 2.59. The Balaban J connectivity index is 0.000000197. The Morgan fingerprint density at radius 1 is 1.00 bits per heavy atom. The predicted octanol–water partition coefficient (Wildman–Crippen LogP) is 5.49. The van der Waals surface area contributed by atoms with Crippen molar-refractivity contribution in [2.24, 2.45) is 22.7 Å². The minimum absolute atomic E-state index is 0.0828. The third kappa shape index (κ3) is 6.70. The van der Waals surface area contributed by atoms with E-state index in [9.17, 15) is 14.7 Å². The first-order valence-electron chi connectivity index (χ1n) is 13.2. The molecule has 6 nitrogen and oxygen atoms in total. The van der Waals surface area contributed by atoms with Crippen LogP contribution in [0.4, 0.5) is 0 Å². The molecule has 1 saturated heterocycles. The number of thioether (sulfide) groups is 1. The molecule has 4 saturated carbocycles. The normalized spacial score (nSPS) is 35.1. The maximum absolute atomic E-state index is 12.4. The van der Waals surface area contributed by atoms with E-state index in [1.54, 1.807) is 11.8 Å². The lowest BCUT2D eigenvalue weighted by molar-refractivity contribution is -0.225. The summed E-state index contributed by atoms with van der Waals surface area (Å²) in [6, 6.07) is 0. The smallest absolute Gasteiger partial charge is 0.313 e. The van der Waals surface area contributed by atoms with E-state index in [0.717, 1.165) is 56.5 Å². The van der Waals surface area contributed by atoms with Crippen LogP contribution in [-0.4, -0.2) is 52.6 Å². The van der Waals surface area contributed by atoms with Crippen LogP contribution in [0.25, 0.3) is 0 Å². The molecule has 4 bridgehead atoms. The fourth-order valence-corrected chi connectivity index (χ4v) is 6.67. The molecule has 0 radical (unpaired) electrons. The van der Waals surface area contributed by atoms with Gasteiger partial charge >= 0.3 is 11.9 Å². The maximum Gasteiger partial charge on any atom is 0.313 e. The fraction of sp³-hybridized carbons (Fsp3) is 0.926. The Morgan fingerprint density at radius 3 is 2.15 bits per heavy atom. The highest BCUT2D eigenvalue weighted by Crippen LogP contribution is 2.59. The van der Waals surface area contributed by atoms with Crippen molar-refractivity contribution in [3.63, 3.8) is 0 Å². The van der Waals surface area contributed by atoms with Crippen LogP contribution in [0.5, 0.6) is 0 Å². The molecule has 0 aromatic heterocycles. The Bertz CT molecular complexity index is 711. The van der Waals surface area contributed by atoms with Crippen LogP contribution >= 0.6 is 11.8 Å². The molecule has 0 aromatic carbocycles. The number of esters is 2. The van der Waals surface area contributed by atoms with Gasteiger partial charge < -0.3 is 19.3 Å². The number of carbonyl (C=O) groups excluding carboxylic acids is 2. The summed E-state index contributed by atoms with van der Waals surface area (Å²) in [5.74, 6) is 2.72. The quantitative estimate of drug-likeness (QED) is 0.485. The van der Waals surface area contributed by atoms with Crippen LogP contribution in [-0.2, 0) is 23.8 Å². The molecule has 196 valence electrons. The molecule has 34 heavy (non-hydrogen) atoms. The van der Waals surface area contributed by atoms with Crippen LogP contribution in [0.3, 0.4) is 0 Å². The highest BCUT2D eigenvalue weighted by atomic mass is 32.2. The van der Waals surface area contributed by atoms with E-state index >= 15 is 0 Å². The van der Waals surface area contributed by atoms with Crippen molar-refractivity contribution in [3.05, 3.63) is 0 Å². The number of carbonyl (C=O) groups is 2. The molecule has 0 spiro atoms. The average molecular weight is 499 g/mol. The molecule has 7 heteroatoms. The number of rotatable bonds is 6. The summed E-state index contributed by atoms with van der Waals surface area (Å²) in [5, 5.41) is 10.6. The Labute approximate surface area is 210 Å². The van der Waals surface area contributed by atoms with Crippen molar-refractivity contribution in [2.45, 2.75) is 117 Å². The van der Waals surface area contributed by atoms with E-state index in [1.807, 2.05) is 41.5 Å². The van der Waals surface area contributed by atoms with E-state index in [-0.39, 0.29) is 23.8 Å². The lowest BCUT2D eigenvalue weighted by Gasteiger charge is -2.59. The standard InChI is InChI=1S/C16H26O3.C11H20O3S/c1-4-14(2,3)13(17)19-16-8-11-5-12(9-16)7-15(18,6-11)10-16;1-4-11(2,3)10(12)14-9-8-15-7-5-6-13-9/h11-12,18H,4-10H2,1-3H3;9H,4-8H2,1-3H3. The molecular formula is C27H46O6S. The van der Waals surface area contributed by atoms with Crippen molar-refractivity contribution >= 4 is 23.7 Å². The average Bonchev–Trinajstić information content (AvgIpc) is 3.00. The summed E-state index contributed by atoms with van der Waals surface area (Å²) in [7, 11) is 0. The summed E-state index contributed by atoms with van der Waals surface area (Å²) >= 11 is 1.78. The van der Waals surface area contributed by atoms with Crippen LogP contribution < -0.4 is 0 Å². The summed E-state index contributed by atoms with van der Waals surface area (Å²) in [6.45, 7) is 12.4. The van der Waals surface area contributed by atoms with E-state index in [4.69, 9.17) is 14.2 Å². The number of ether oxygens (including phenoxy) is 3. The topological polar surface area (TPSA) is 82.1 Å². The molecule has 5 rings (SSSR count). The van der Waals surface area contributed by atoms with Gasteiger partial charge in [0.05, 0.1) is 28.8 Å². The second-order valence-electron chi connectivity index (χ2n) is 12.4. The van der Waals surface area contributed by atoms with Crippen molar-refractivity contribution in [3.8, 4) is 0 Å². The molecule has 1 aliphatic heterocycles. The molecule has 4 aliphatic carbocycles. The molecule has 1 N–H and O–H groups in total. The Hall–Kier alpha value is -0.790. The van der Waals surface area contributed by atoms with Gasteiger partial charge in [0.25, 0.3) is 0 Å². The minimum atomic E-state index is -0.555. The monoisotopic (exact) mass is 498 g/mol. The molecule has 1 heterocycles. The van der Waals surface area contributed by atoms with E-state index < -0.39 is 16.4 Å². The van der Waals surface area contributed by atoms with Gasteiger partial charge in [-0.3, -0.25) is 9.59 Å². The third-order valence-corrected chi connectivity index (χ3v) is 9.47. The van der Waals surface area contributed by atoms with Gasteiger partial charge in [-0.2, -0.15) is 11.8 Å². The van der Waals surface area contributed by atoms with Gasteiger partial charge in [0, 0.05) is 6.42 Å². The van der Waals surface area contributed by atoms with E-state index in [1.165, 1.54) is 6.42 Å². The molecule has 5 aliphatic rings. The van der Waals surface area contributed by atoms with Gasteiger partial charge in [-0.05, 0) is 96.7 Å². The Morgan fingerprint density at radius 2 is 1.59 bits per heavy atom. The summed E-state index contributed by atoms with van der Waals surface area (Å²) < 4.78 is 16.8. The first-order valence-corrected chi connectivity index (χ1v) is 14.3. The zero-order valence-corrected chi connectivity index (χ0v) is 22.9. The van der Waals surface area contributed by atoms with Crippen LogP contribution in [0.1, 0.15) is 99.3 Å². The van der Waals surface area contributed by atoms with Gasteiger partial charge in [-0.15, -0.1) is 0 Å². The van der Waals surface area contributed by atoms with E-state index in [0.29, 0.717) is 24.9 Å². The van der Waals surface area contributed by atoms with Crippen molar-refractivity contribution < 1.29 is 28.9 Å². The Kier molecular flexibility index (Phi) is 8.73. The summed E-state index contributed by atoms with van der Waals surface area (Å²) in [4.78, 5) is 24.1. The lowest BCUT2D eigenvalue weighted by atomic mass is 9.52. The first kappa shape index (κ1) is 27.8. The number of hydrogen-bond donors (Lipinski definition) is 1. The fourth-order valence-electron chi connectivity index (χ4n) is 5.82. The van der Waals surface area contributed by atoms with Gasteiger partial charge in [0.1, 0.15) is 5.60 Å². The predicted molar refractivity (Wildman–Crippen MR) is 134 cm³/mol. The van der Waals surface area contributed by atoms with Crippen LogP contribution in [0.15, 0.2) is 0 Å². The van der Waals surface area contributed by atoms with Gasteiger partial charge in [0.2, 0.25) is 6.29 Å². The molecule has 0 aromatic rings. The summed E-state index contributed by atoms with van der Waals surface area (Å²) in [5.41, 5.74) is -1.73. The molecule has 3 atom stereocenters. The SMILES string of the molecule is CCC(C)(C)C(=O)OC12CC3CC(CC(O)(C3)C1)C2.CCC(C)(C)C(=O)OC1CSCCCO1. The molecule has 3 unspecified atom stereocenters. The third-order valence-electron chi connectivity index (χ3n) is 8.39. The van der Waals surface area contributed by atoms with E-state index in [2.05, 4.69) is 0 Å². The maximum atomic E-state index is 12.4. The van der Waals surface area contributed by atoms with Crippen LogP contribution in [0, 0.1) is 22.7 Å². The lowest BCUT2D eigenvalue weighted by Crippen LogP contribution is -2.61. The van der Waals surface area contributed by atoms with Gasteiger partial charge in [-0.1, -0.05) is 13.8 Å². The first-order chi connectivity index (χ1) is 15.8. The molecular weight excluding hydrogens is 452 g/mol. The highest BCUT2D eigenvalue weighted by molar-refractivity contribution is 7.99. The van der Waals surface area contributed by atoms with Crippen molar-refractivity contribution in [2.75, 3.05) is 18.1 Å².